The van der Waals surface area contributed by atoms with Crippen LogP contribution in [0.5, 0.6) is 5.75 Å². The molecule has 0 aliphatic heterocycles. The molecule has 0 radical (unpaired) electrons. The van der Waals surface area contributed by atoms with Gasteiger partial charge in [-0.15, -0.1) is 0 Å². The second-order valence-electron chi connectivity index (χ2n) is 10.7. The van der Waals surface area contributed by atoms with Gasteiger partial charge in [-0.1, -0.05) is 26.0 Å². The molecule has 0 saturated heterocycles. The summed E-state index contributed by atoms with van der Waals surface area (Å²) in [7, 11) is -4.04. The van der Waals surface area contributed by atoms with Crippen LogP contribution in [0.1, 0.15) is 51.5 Å². The lowest BCUT2D eigenvalue weighted by Gasteiger charge is -2.36. The third-order valence-corrected chi connectivity index (χ3v) is 9.65. The average Bonchev–Trinajstić information content (AvgIpc) is 3.48. The number of carbonyl (C=O) groups excluding carboxylic acids is 2. The molecule has 2 saturated carbocycles. The molecule has 2 aliphatic rings. The number of carbonyl (C=O) groups is 3. The molecule has 2 unspecified atom stereocenters. The molecule has 38 heavy (non-hydrogen) atoms. The van der Waals surface area contributed by atoms with Crippen LogP contribution in [-0.2, 0) is 30.8 Å². The van der Waals surface area contributed by atoms with Crippen molar-refractivity contribution in [3.05, 3.63) is 42.2 Å². The fourth-order valence-electron chi connectivity index (χ4n) is 5.78. The van der Waals surface area contributed by atoms with Gasteiger partial charge < -0.3 is 14.8 Å². The predicted molar refractivity (Wildman–Crippen MR) is 139 cm³/mol. The van der Waals surface area contributed by atoms with Gasteiger partial charge in [0.25, 0.3) is 0 Å². The van der Waals surface area contributed by atoms with Crippen molar-refractivity contribution in [2.45, 2.75) is 58.4 Å². The zero-order valence-corrected chi connectivity index (χ0v) is 22.3. The van der Waals surface area contributed by atoms with E-state index < -0.39 is 38.6 Å². The van der Waals surface area contributed by atoms with E-state index in [0.29, 0.717) is 43.1 Å². The third-order valence-electron chi connectivity index (χ3n) is 8.13. The van der Waals surface area contributed by atoms with Crippen molar-refractivity contribution < 1.29 is 32.6 Å². The summed E-state index contributed by atoms with van der Waals surface area (Å²) in [5, 5.41) is 12.3. The van der Waals surface area contributed by atoms with Crippen LogP contribution < -0.4 is 14.8 Å². The molecule has 2 aliphatic carbocycles. The smallest absolute Gasteiger partial charge is 0.322 e. The fraction of sp³-hybridized carbons (Fsp3) is 0.538. The van der Waals surface area contributed by atoms with E-state index in [1.54, 1.807) is 30.5 Å². The Morgan fingerprint density at radius 3 is 2.58 bits per heavy atom. The van der Waals surface area contributed by atoms with Crippen LogP contribution in [0.2, 0.25) is 0 Å². The number of aromatic amines is 1. The Balaban J connectivity index is 1.28. The number of hydrogen-bond donors (Lipinski definition) is 4. The van der Waals surface area contributed by atoms with Gasteiger partial charge in [-0.25, -0.2) is 18.1 Å². The summed E-state index contributed by atoms with van der Waals surface area (Å²) in [6.45, 7) is 4.19. The van der Waals surface area contributed by atoms with E-state index in [9.17, 15) is 27.9 Å². The number of anilines is 1. The quantitative estimate of drug-likeness (QED) is 0.278. The Hall–Kier alpha value is -3.25. The van der Waals surface area contributed by atoms with Gasteiger partial charge in [0.1, 0.15) is 17.6 Å². The number of fused-ring (bicyclic) bond motifs is 2. The second-order valence-corrected chi connectivity index (χ2v) is 12.5. The summed E-state index contributed by atoms with van der Waals surface area (Å²) in [6.07, 6.45) is 5.53. The maximum absolute atomic E-state index is 13.1. The van der Waals surface area contributed by atoms with E-state index in [1.165, 1.54) is 6.20 Å². The largest absolute Gasteiger partial charge is 0.494 e. The molecule has 3 atom stereocenters. The van der Waals surface area contributed by atoms with E-state index in [2.05, 4.69) is 20.0 Å². The minimum absolute atomic E-state index is 0.0373. The lowest BCUT2D eigenvalue weighted by atomic mass is 9.70. The molecule has 206 valence electrons. The topological polar surface area (TPSA) is 168 Å². The molecule has 1 aromatic carbocycles. The van der Waals surface area contributed by atoms with Crippen molar-refractivity contribution in [1.82, 2.24) is 14.7 Å². The Kier molecular flexibility index (Phi) is 7.93. The van der Waals surface area contributed by atoms with Crippen LogP contribution in [-0.4, -0.2) is 59.6 Å². The first-order valence-electron chi connectivity index (χ1n) is 12.7. The Labute approximate surface area is 221 Å². The molecule has 2 fully saturated rings. The highest BCUT2D eigenvalue weighted by Crippen LogP contribution is 2.64. The van der Waals surface area contributed by atoms with Gasteiger partial charge >= 0.3 is 5.97 Å². The SMILES string of the molecule is CC1(C)C2CCC1(CS(=O)(=O)N[C@@H](Cc1ccc(OCCCC(=O)Nc3ncc[nH]3)cc1)C(=O)O)C(=O)C2. The molecule has 11 nitrogen and oxygen atoms in total. The van der Waals surface area contributed by atoms with Crippen LogP contribution in [0.25, 0.3) is 0 Å². The van der Waals surface area contributed by atoms with Crippen molar-refractivity contribution in [3.63, 3.8) is 0 Å². The van der Waals surface area contributed by atoms with Gasteiger partial charge in [-0.05, 0) is 54.7 Å². The number of rotatable bonds is 13. The fourth-order valence-corrected chi connectivity index (χ4v) is 7.81. The summed E-state index contributed by atoms with van der Waals surface area (Å²) in [5.74, 6) is -0.807. The molecule has 2 bridgehead atoms. The molecule has 4 N–H and O–H groups in total. The summed E-state index contributed by atoms with van der Waals surface area (Å²) < 4.78 is 34.1. The number of ether oxygens (including phenoxy) is 1. The maximum Gasteiger partial charge on any atom is 0.322 e. The number of nitrogens with one attached hydrogen (secondary N) is 3. The van der Waals surface area contributed by atoms with Crippen LogP contribution in [0, 0.1) is 16.7 Å². The molecule has 0 spiro atoms. The zero-order valence-electron chi connectivity index (χ0n) is 21.5. The van der Waals surface area contributed by atoms with Crippen molar-refractivity contribution in [1.29, 1.82) is 0 Å². The summed E-state index contributed by atoms with van der Waals surface area (Å²) in [6, 6.07) is 5.32. The minimum Gasteiger partial charge on any atom is -0.494 e. The van der Waals surface area contributed by atoms with Crippen LogP contribution in [0.4, 0.5) is 5.95 Å². The van der Waals surface area contributed by atoms with Gasteiger partial charge in [-0.2, -0.15) is 0 Å². The van der Waals surface area contributed by atoms with E-state index in [1.807, 2.05) is 13.8 Å². The number of ketones is 1. The number of hydrogen-bond acceptors (Lipinski definition) is 7. The monoisotopic (exact) mass is 546 g/mol. The minimum atomic E-state index is -4.04. The van der Waals surface area contributed by atoms with E-state index >= 15 is 0 Å². The summed E-state index contributed by atoms with van der Waals surface area (Å²) in [4.78, 5) is 43.2. The molecular weight excluding hydrogens is 512 g/mol. The number of Topliss-reactive ketones (excluding diaryl/α,β-unsaturated/α-hetero) is 1. The van der Waals surface area contributed by atoms with E-state index in [4.69, 9.17) is 4.74 Å². The second kappa shape index (κ2) is 10.9. The lowest BCUT2D eigenvalue weighted by Crippen LogP contribution is -2.49. The number of aromatic nitrogens is 2. The third kappa shape index (κ3) is 5.91. The van der Waals surface area contributed by atoms with Crippen molar-refractivity contribution >= 4 is 33.6 Å². The predicted octanol–water partition coefficient (Wildman–Crippen LogP) is 2.52. The zero-order chi connectivity index (χ0) is 27.6. The summed E-state index contributed by atoms with van der Waals surface area (Å²) in [5.41, 5.74) is -0.789. The van der Waals surface area contributed by atoms with Gasteiger partial charge in [-0.3, -0.25) is 19.7 Å². The lowest BCUT2D eigenvalue weighted by molar-refractivity contribution is -0.139. The summed E-state index contributed by atoms with van der Waals surface area (Å²) >= 11 is 0. The highest BCUT2D eigenvalue weighted by molar-refractivity contribution is 7.89. The number of carboxylic acid groups (broad SMARTS) is 1. The molecule has 2 aromatic rings. The first-order valence-corrected chi connectivity index (χ1v) is 14.3. The first-order chi connectivity index (χ1) is 17.9. The van der Waals surface area contributed by atoms with Gasteiger partial charge in [0.15, 0.2) is 0 Å². The molecule has 4 rings (SSSR count). The highest BCUT2D eigenvalue weighted by Gasteiger charge is 2.65. The number of amides is 1. The molecule has 1 aromatic heterocycles. The molecule has 1 amide bonds. The molecular formula is C26H34N4O7S. The molecule has 1 heterocycles. The van der Waals surface area contributed by atoms with Gasteiger partial charge in [0, 0.05) is 30.7 Å². The normalized spacial score (nSPS) is 22.8. The van der Waals surface area contributed by atoms with Crippen LogP contribution >= 0.6 is 0 Å². The highest BCUT2D eigenvalue weighted by atomic mass is 32.2. The average molecular weight is 547 g/mol. The van der Waals surface area contributed by atoms with Crippen LogP contribution in [0.15, 0.2) is 36.7 Å². The molecule has 12 heteroatoms. The van der Waals surface area contributed by atoms with Gasteiger partial charge in [0.05, 0.1) is 12.4 Å². The van der Waals surface area contributed by atoms with E-state index in [-0.39, 0.29) is 30.4 Å². The van der Waals surface area contributed by atoms with E-state index in [0.717, 1.165) is 6.42 Å². The Morgan fingerprint density at radius 2 is 2.00 bits per heavy atom. The van der Waals surface area contributed by atoms with Crippen molar-refractivity contribution in [3.8, 4) is 5.75 Å². The van der Waals surface area contributed by atoms with Crippen molar-refractivity contribution in [2.75, 3.05) is 17.7 Å². The number of H-pyrrole nitrogens is 1. The number of benzene rings is 1. The maximum atomic E-state index is 13.1. The first kappa shape index (κ1) is 27.8. The number of sulfonamides is 1. The van der Waals surface area contributed by atoms with Crippen molar-refractivity contribution in [2.24, 2.45) is 16.7 Å². The van der Waals surface area contributed by atoms with Crippen LogP contribution in [0.3, 0.4) is 0 Å². The Morgan fingerprint density at radius 1 is 1.26 bits per heavy atom. The Bertz CT molecular complexity index is 1280. The number of carboxylic acids is 1. The number of imidazole rings is 1. The van der Waals surface area contributed by atoms with Gasteiger partial charge in [0.2, 0.25) is 21.9 Å². The standard InChI is InChI=1S/C26H34N4O7S/c1-25(2)18-9-10-26(25,21(31)15-18)16-38(35,36)30-20(23(33)34)14-17-5-7-19(8-6-17)37-13-3-4-22(32)29-24-27-11-12-28-24/h5-8,11-12,18,20,30H,3-4,9-10,13-16H2,1-2H3,(H,33,34)(H2,27,28,29,32)/t18?,20-,26?/m0/s1. The number of nitrogens with zero attached hydrogens (tertiary/aromatic N) is 1. The number of aliphatic carboxylic acids is 1.